The molecule has 0 spiro atoms. The molecule has 3 unspecified atom stereocenters. The van der Waals surface area contributed by atoms with Crippen molar-refractivity contribution in [3.63, 3.8) is 0 Å². The van der Waals surface area contributed by atoms with E-state index in [0.29, 0.717) is 11.8 Å². The minimum absolute atomic E-state index is 0.178. The van der Waals surface area contributed by atoms with E-state index in [1.54, 1.807) is 0 Å². The minimum atomic E-state index is -0.178. The van der Waals surface area contributed by atoms with Gasteiger partial charge in [-0.1, -0.05) is 32.4 Å². The van der Waals surface area contributed by atoms with E-state index < -0.39 is 0 Å². The van der Waals surface area contributed by atoms with Crippen LogP contribution in [0.25, 0.3) is 0 Å². The number of rotatable bonds is 2. The van der Waals surface area contributed by atoms with Crippen LogP contribution < -0.4 is 0 Å². The van der Waals surface area contributed by atoms with Gasteiger partial charge in [0.1, 0.15) is 0 Å². The monoisotopic (exact) mass is 154 g/mol. The van der Waals surface area contributed by atoms with Gasteiger partial charge in [0.2, 0.25) is 0 Å². The van der Waals surface area contributed by atoms with E-state index in [0.717, 1.165) is 6.42 Å². The van der Waals surface area contributed by atoms with Crippen molar-refractivity contribution in [1.29, 1.82) is 0 Å². The van der Waals surface area contributed by atoms with Crippen LogP contribution in [-0.4, -0.2) is 11.2 Å². The molecule has 1 N–H and O–H groups in total. The van der Waals surface area contributed by atoms with Crippen LogP contribution in [0.4, 0.5) is 0 Å². The van der Waals surface area contributed by atoms with Crippen LogP contribution in [0.3, 0.4) is 0 Å². The molecule has 0 saturated heterocycles. The lowest BCUT2D eigenvalue weighted by atomic mass is 9.82. The zero-order chi connectivity index (χ0) is 8.27. The summed E-state index contributed by atoms with van der Waals surface area (Å²) < 4.78 is 0. The molecular formula is C10H18O. The van der Waals surface area contributed by atoms with Crippen molar-refractivity contribution in [1.82, 2.24) is 0 Å². The van der Waals surface area contributed by atoms with Crippen LogP contribution in [0.15, 0.2) is 12.2 Å². The fraction of sp³-hybridized carbons (Fsp3) is 0.800. The average Bonchev–Trinajstić information content (AvgIpc) is 2.05. The lowest BCUT2D eigenvalue weighted by molar-refractivity contribution is 0.125. The Balaban J connectivity index is 2.52. The first-order valence-electron chi connectivity index (χ1n) is 4.64. The number of hydrogen-bond acceptors (Lipinski definition) is 1. The first-order valence-corrected chi connectivity index (χ1v) is 4.64. The van der Waals surface area contributed by atoms with E-state index in [-0.39, 0.29) is 6.10 Å². The van der Waals surface area contributed by atoms with Gasteiger partial charge < -0.3 is 5.11 Å². The van der Waals surface area contributed by atoms with Crippen molar-refractivity contribution in [2.24, 2.45) is 11.8 Å². The van der Waals surface area contributed by atoms with Crippen molar-refractivity contribution in [3.8, 4) is 0 Å². The smallest absolute Gasteiger partial charge is 0.0749 e. The van der Waals surface area contributed by atoms with E-state index in [4.69, 9.17) is 0 Å². The van der Waals surface area contributed by atoms with Gasteiger partial charge in [-0.15, -0.1) is 0 Å². The van der Waals surface area contributed by atoms with Crippen LogP contribution in [0, 0.1) is 11.8 Å². The Hall–Kier alpha value is -0.300. The Bertz CT molecular complexity index is 140. The molecule has 0 bridgehead atoms. The van der Waals surface area contributed by atoms with Gasteiger partial charge in [0, 0.05) is 0 Å². The normalized spacial score (nSPS) is 37.5. The third-order valence-electron chi connectivity index (χ3n) is 2.72. The first-order chi connectivity index (χ1) is 5.27. The van der Waals surface area contributed by atoms with Crippen LogP contribution >= 0.6 is 0 Å². The van der Waals surface area contributed by atoms with Gasteiger partial charge in [0.15, 0.2) is 0 Å². The molecule has 0 aliphatic heterocycles. The van der Waals surface area contributed by atoms with Gasteiger partial charge in [0.05, 0.1) is 6.10 Å². The van der Waals surface area contributed by atoms with Gasteiger partial charge in [-0.3, -0.25) is 0 Å². The van der Waals surface area contributed by atoms with Crippen LogP contribution in [-0.2, 0) is 0 Å². The Kier molecular flexibility index (Phi) is 3.13. The Morgan fingerprint density at radius 1 is 1.27 bits per heavy atom. The Labute approximate surface area is 69.1 Å². The predicted molar refractivity (Wildman–Crippen MR) is 47.3 cm³/mol. The number of aliphatic hydroxyl groups excluding tert-OH is 1. The second-order valence-electron chi connectivity index (χ2n) is 3.45. The molecule has 1 aliphatic rings. The lowest BCUT2D eigenvalue weighted by Crippen LogP contribution is -2.23. The van der Waals surface area contributed by atoms with Crippen LogP contribution in [0.1, 0.15) is 33.1 Å². The number of hydrogen-bond donors (Lipinski definition) is 1. The number of aliphatic hydroxyl groups is 1. The topological polar surface area (TPSA) is 20.2 Å². The van der Waals surface area contributed by atoms with E-state index >= 15 is 0 Å². The lowest BCUT2D eigenvalue weighted by Gasteiger charge is -2.27. The average molecular weight is 154 g/mol. The second kappa shape index (κ2) is 3.91. The maximum Gasteiger partial charge on any atom is 0.0749 e. The summed E-state index contributed by atoms with van der Waals surface area (Å²) in [6.07, 6.45) is 7.43. The summed E-state index contributed by atoms with van der Waals surface area (Å²) in [5.41, 5.74) is 0. The molecule has 0 aromatic heterocycles. The molecule has 1 rings (SSSR count). The molecule has 0 saturated carbocycles. The maximum absolute atomic E-state index is 9.50. The summed E-state index contributed by atoms with van der Waals surface area (Å²) in [5, 5.41) is 9.50. The highest BCUT2D eigenvalue weighted by molar-refractivity contribution is 5.01. The van der Waals surface area contributed by atoms with Crippen molar-refractivity contribution in [3.05, 3.63) is 12.2 Å². The summed E-state index contributed by atoms with van der Waals surface area (Å²) in [6, 6.07) is 0. The third kappa shape index (κ3) is 2.06. The van der Waals surface area contributed by atoms with E-state index in [9.17, 15) is 5.11 Å². The third-order valence-corrected chi connectivity index (χ3v) is 2.72. The highest BCUT2D eigenvalue weighted by atomic mass is 16.3. The fourth-order valence-electron chi connectivity index (χ4n) is 1.75. The van der Waals surface area contributed by atoms with Crippen molar-refractivity contribution < 1.29 is 5.11 Å². The molecule has 11 heavy (non-hydrogen) atoms. The van der Waals surface area contributed by atoms with Gasteiger partial charge in [-0.25, -0.2) is 0 Å². The first kappa shape index (κ1) is 8.79. The highest BCUT2D eigenvalue weighted by Crippen LogP contribution is 2.27. The van der Waals surface area contributed by atoms with Crippen LogP contribution in [0.5, 0.6) is 0 Å². The van der Waals surface area contributed by atoms with Crippen molar-refractivity contribution >= 4 is 0 Å². The van der Waals surface area contributed by atoms with E-state index in [1.807, 2.05) is 6.08 Å². The standard InChI is InChI=1S/C10H18O/c1-3-8-5-6-10(11)9(4-2)7-8/h5-6,8-11H,3-4,7H2,1-2H3. The molecule has 0 heterocycles. The minimum Gasteiger partial charge on any atom is -0.389 e. The SMILES string of the molecule is CCC1C=CC(O)C(CC)C1. The molecule has 0 amide bonds. The maximum atomic E-state index is 9.50. The molecule has 64 valence electrons. The summed E-state index contributed by atoms with van der Waals surface area (Å²) in [4.78, 5) is 0. The Morgan fingerprint density at radius 2 is 2.00 bits per heavy atom. The zero-order valence-corrected chi connectivity index (χ0v) is 7.46. The molecule has 0 aromatic rings. The summed E-state index contributed by atoms with van der Waals surface area (Å²) >= 11 is 0. The highest BCUT2D eigenvalue weighted by Gasteiger charge is 2.21. The zero-order valence-electron chi connectivity index (χ0n) is 7.46. The Morgan fingerprint density at radius 3 is 2.55 bits per heavy atom. The molecule has 1 nitrogen and oxygen atoms in total. The molecule has 0 fully saturated rings. The van der Waals surface area contributed by atoms with E-state index in [2.05, 4.69) is 19.9 Å². The van der Waals surface area contributed by atoms with Gasteiger partial charge in [-0.2, -0.15) is 0 Å². The van der Waals surface area contributed by atoms with Crippen molar-refractivity contribution in [2.45, 2.75) is 39.2 Å². The number of allylic oxidation sites excluding steroid dienone is 1. The van der Waals surface area contributed by atoms with Gasteiger partial charge in [0.25, 0.3) is 0 Å². The molecule has 1 heteroatoms. The molecule has 0 aromatic carbocycles. The molecular weight excluding hydrogens is 136 g/mol. The molecule has 0 radical (unpaired) electrons. The largest absolute Gasteiger partial charge is 0.389 e. The summed E-state index contributed by atoms with van der Waals surface area (Å²) in [5.74, 6) is 1.22. The molecule has 1 aliphatic carbocycles. The summed E-state index contributed by atoms with van der Waals surface area (Å²) in [6.45, 7) is 4.36. The van der Waals surface area contributed by atoms with Crippen LogP contribution in [0.2, 0.25) is 0 Å². The molecule has 3 atom stereocenters. The summed E-state index contributed by atoms with van der Waals surface area (Å²) in [7, 11) is 0. The second-order valence-corrected chi connectivity index (χ2v) is 3.45. The fourth-order valence-corrected chi connectivity index (χ4v) is 1.75. The quantitative estimate of drug-likeness (QED) is 0.605. The van der Waals surface area contributed by atoms with Gasteiger partial charge in [-0.05, 0) is 24.7 Å². The van der Waals surface area contributed by atoms with E-state index in [1.165, 1.54) is 12.8 Å². The van der Waals surface area contributed by atoms with Gasteiger partial charge >= 0.3 is 0 Å². The van der Waals surface area contributed by atoms with Crippen molar-refractivity contribution in [2.75, 3.05) is 0 Å². The predicted octanol–water partition coefficient (Wildman–Crippen LogP) is 2.36.